The van der Waals surface area contributed by atoms with Crippen LogP contribution in [0.2, 0.25) is 0 Å². The Balaban J connectivity index is 2.12. The van der Waals surface area contributed by atoms with Gasteiger partial charge in [-0.3, -0.25) is 9.69 Å². The zero-order chi connectivity index (χ0) is 18.8. The Kier molecular flexibility index (Phi) is 5.27. The molecule has 1 fully saturated rings. The van der Waals surface area contributed by atoms with Gasteiger partial charge in [0.1, 0.15) is 12.4 Å². The summed E-state index contributed by atoms with van der Waals surface area (Å²) in [6, 6.07) is 5.15. The van der Waals surface area contributed by atoms with Crippen LogP contribution in [0, 0.1) is 5.82 Å². The van der Waals surface area contributed by atoms with Crippen molar-refractivity contribution in [1.82, 2.24) is 4.90 Å². The molecule has 1 saturated heterocycles. The van der Waals surface area contributed by atoms with E-state index in [0.717, 1.165) is 0 Å². The molecule has 1 amide bonds. The number of carbonyl (C=O) groups is 2. The lowest BCUT2D eigenvalue weighted by atomic mass is 9.94. The van der Waals surface area contributed by atoms with Crippen molar-refractivity contribution in [3.8, 4) is 0 Å². The highest BCUT2D eigenvalue weighted by Crippen LogP contribution is 2.44. The van der Waals surface area contributed by atoms with Crippen LogP contribution >= 0.6 is 11.8 Å². The van der Waals surface area contributed by atoms with Crippen molar-refractivity contribution in [2.45, 2.75) is 31.6 Å². The van der Waals surface area contributed by atoms with Crippen molar-refractivity contribution in [3.05, 3.63) is 59.6 Å². The third-order valence-electron chi connectivity index (χ3n) is 4.24. The van der Waals surface area contributed by atoms with Gasteiger partial charge in [-0.25, -0.2) is 14.2 Å². The predicted octanol–water partition coefficient (Wildman–Crippen LogP) is 3.59. The lowest BCUT2D eigenvalue weighted by Gasteiger charge is -2.33. The molecule has 0 bridgehead atoms. The zero-order valence-electron chi connectivity index (χ0n) is 14.6. The maximum atomic E-state index is 13.8. The maximum Gasteiger partial charge on any atom is 0.338 e. The summed E-state index contributed by atoms with van der Waals surface area (Å²) in [7, 11) is 0. The van der Waals surface area contributed by atoms with E-state index >= 15 is 0 Å². The highest BCUT2D eigenvalue weighted by Gasteiger charge is 2.47. The number of rotatable bonds is 5. The molecule has 2 atom stereocenters. The number of fused-ring (bicyclic) bond motifs is 1. The van der Waals surface area contributed by atoms with Gasteiger partial charge in [0.05, 0.1) is 22.6 Å². The molecule has 0 aromatic heterocycles. The third kappa shape index (κ3) is 3.19. The van der Waals surface area contributed by atoms with E-state index in [1.165, 1.54) is 34.9 Å². The van der Waals surface area contributed by atoms with E-state index in [-0.39, 0.29) is 23.3 Å². The maximum absolute atomic E-state index is 13.8. The minimum absolute atomic E-state index is 0.0440. The van der Waals surface area contributed by atoms with Gasteiger partial charge in [0.25, 0.3) is 0 Å². The highest BCUT2D eigenvalue weighted by atomic mass is 32.2. The molecular weight excluding hydrogens is 355 g/mol. The summed E-state index contributed by atoms with van der Waals surface area (Å²) in [6.07, 6.45) is 2.11. The van der Waals surface area contributed by atoms with E-state index in [4.69, 9.17) is 4.74 Å². The number of benzene rings is 1. The average Bonchev–Trinajstić information content (AvgIpc) is 2.93. The Hall–Kier alpha value is -2.41. The van der Waals surface area contributed by atoms with Gasteiger partial charge in [0.15, 0.2) is 5.17 Å². The standard InChI is InChI=1S/C19H19FN2O3S/c1-4-9-25-18(24)15-11(3)21-19-22(17(23)14(5-2)26-19)16(15)12-7-6-8-13(20)10-12/h4,6-8,10,14,16H,1,5,9H2,2-3H3/t14-,16-/m0/s1. The molecular formula is C19H19FN2O3S. The fourth-order valence-electron chi connectivity index (χ4n) is 3.05. The molecule has 0 unspecified atom stereocenters. The highest BCUT2D eigenvalue weighted by molar-refractivity contribution is 8.15. The summed E-state index contributed by atoms with van der Waals surface area (Å²) in [5, 5.41) is 0.273. The van der Waals surface area contributed by atoms with Crippen molar-refractivity contribution in [2.24, 2.45) is 4.99 Å². The van der Waals surface area contributed by atoms with E-state index in [9.17, 15) is 14.0 Å². The van der Waals surface area contributed by atoms with Gasteiger partial charge in [-0.2, -0.15) is 0 Å². The lowest BCUT2D eigenvalue weighted by molar-refractivity contribution is -0.139. The van der Waals surface area contributed by atoms with Crippen molar-refractivity contribution in [3.63, 3.8) is 0 Å². The summed E-state index contributed by atoms with van der Waals surface area (Å²) in [5.74, 6) is -1.15. The van der Waals surface area contributed by atoms with Gasteiger partial charge in [0.2, 0.25) is 5.91 Å². The second kappa shape index (κ2) is 7.45. The van der Waals surface area contributed by atoms with Gasteiger partial charge in [-0.1, -0.05) is 43.5 Å². The molecule has 0 spiro atoms. The first-order chi connectivity index (χ1) is 12.5. The molecule has 3 rings (SSSR count). The van der Waals surface area contributed by atoms with Crippen LogP contribution in [-0.2, 0) is 14.3 Å². The number of nitrogens with zero attached hydrogens (tertiary/aromatic N) is 2. The third-order valence-corrected chi connectivity index (χ3v) is 5.56. The largest absolute Gasteiger partial charge is 0.458 e. The van der Waals surface area contributed by atoms with E-state index in [1.54, 1.807) is 19.1 Å². The number of amidine groups is 1. The molecule has 0 N–H and O–H groups in total. The Morgan fingerprint density at radius 3 is 2.92 bits per heavy atom. The molecule has 5 nitrogen and oxygen atoms in total. The molecule has 0 radical (unpaired) electrons. The second-order valence-corrected chi connectivity index (χ2v) is 7.13. The Morgan fingerprint density at radius 1 is 1.50 bits per heavy atom. The molecule has 136 valence electrons. The number of thioether (sulfide) groups is 1. The molecule has 26 heavy (non-hydrogen) atoms. The Morgan fingerprint density at radius 2 is 2.27 bits per heavy atom. The normalized spacial score (nSPS) is 22.2. The van der Waals surface area contributed by atoms with Gasteiger partial charge in [-0.15, -0.1) is 0 Å². The van der Waals surface area contributed by atoms with Crippen LogP contribution in [0.3, 0.4) is 0 Å². The Labute approximate surface area is 155 Å². The van der Waals surface area contributed by atoms with Crippen LogP contribution in [0.5, 0.6) is 0 Å². The Bertz CT molecular complexity index is 834. The zero-order valence-corrected chi connectivity index (χ0v) is 15.4. The summed E-state index contributed by atoms with van der Waals surface area (Å²) in [6.45, 7) is 7.20. The molecule has 2 aliphatic heterocycles. The summed E-state index contributed by atoms with van der Waals surface area (Å²) < 4.78 is 19.0. The monoisotopic (exact) mass is 374 g/mol. The first-order valence-corrected chi connectivity index (χ1v) is 9.18. The molecule has 0 saturated carbocycles. The number of ether oxygens (including phenoxy) is 1. The average molecular weight is 374 g/mol. The second-order valence-electron chi connectivity index (χ2n) is 5.96. The van der Waals surface area contributed by atoms with Crippen LogP contribution < -0.4 is 0 Å². The van der Waals surface area contributed by atoms with E-state index in [1.807, 2.05) is 6.92 Å². The number of aliphatic imine (C=N–C) groups is 1. The molecule has 0 aliphatic carbocycles. The van der Waals surface area contributed by atoms with Crippen LogP contribution in [0.4, 0.5) is 4.39 Å². The number of esters is 1. The number of allylic oxidation sites excluding steroid dienone is 1. The fourth-order valence-corrected chi connectivity index (χ4v) is 4.19. The quantitative estimate of drug-likeness (QED) is 0.584. The van der Waals surface area contributed by atoms with Crippen molar-refractivity contribution >= 4 is 28.8 Å². The number of hydrogen-bond acceptors (Lipinski definition) is 5. The summed E-state index contributed by atoms with van der Waals surface area (Å²) in [4.78, 5) is 31.5. The van der Waals surface area contributed by atoms with Crippen LogP contribution in [0.15, 0.2) is 53.2 Å². The molecule has 2 aliphatic rings. The molecule has 2 heterocycles. The van der Waals surface area contributed by atoms with Crippen molar-refractivity contribution in [1.29, 1.82) is 0 Å². The van der Waals surface area contributed by atoms with Gasteiger partial charge >= 0.3 is 5.97 Å². The minimum Gasteiger partial charge on any atom is -0.458 e. The smallest absolute Gasteiger partial charge is 0.338 e. The van der Waals surface area contributed by atoms with Gasteiger partial charge in [0, 0.05) is 0 Å². The van der Waals surface area contributed by atoms with E-state index < -0.39 is 17.8 Å². The first-order valence-electron chi connectivity index (χ1n) is 8.30. The number of carbonyl (C=O) groups excluding carboxylic acids is 2. The van der Waals surface area contributed by atoms with Crippen molar-refractivity contribution < 1.29 is 18.7 Å². The number of hydrogen-bond donors (Lipinski definition) is 0. The fraction of sp³-hybridized carbons (Fsp3) is 0.316. The van der Waals surface area contributed by atoms with Crippen LogP contribution in [0.1, 0.15) is 31.9 Å². The number of amides is 1. The topological polar surface area (TPSA) is 59.0 Å². The van der Waals surface area contributed by atoms with Gasteiger partial charge in [-0.05, 0) is 31.0 Å². The minimum atomic E-state index is -0.757. The summed E-state index contributed by atoms with van der Waals surface area (Å²) in [5.41, 5.74) is 1.22. The first kappa shape index (κ1) is 18.4. The number of halogens is 1. The van der Waals surface area contributed by atoms with Crippen LogP contribution in [0.25, 0.3) is 0 Å². The summed E-state index contributed by atoms with van der Waals surface area (Å²) >= 11 is 1.37. The molecule has 1 aromatic carbocycles. The van der Waals surface area contributed by atoms with E-state index in [0.29, 0.717) is 22.8 Å². The van der Waals surface area contributed by atoms with Gasteiger partial charge < -0.3 is 4.74 Å². The molecule has 7 heteroatoms. The lowest BCUT2D eigenvalue weighted by Crippen LogP contribution is -2.40. The van der Waals surface area contributed by atoms with Crippen molar-refractivity contribution in [2.75, 3.05) is 6.61 Å². The van der Waals surface area contributed by atoms with E-state index in [2.05, 4.69) is 11.6 Å². The SMILES string of the molecule is C=CCOC(=O)C1=C(C)N=C2S[C@@H](CC)C(=O)N2[C@H]1c1cccc(F)c1. The van der Waals surface area contributed by atoms with Crippen LogP contribution in [-0.4, -0.2) is 33.8 Å². The molecule has 1 aromatic rings. The predicted molar refractivity (Wildman–Crippen MR) is 98.9 cm³/mol.